The van der Waals surface area contributed by atoms with Crippen LogP contribution in [0.1, 0.15) is 26.7 Å². The summed E-state index contributed by atoms with van der Waals surface area (Å²) >= 11 is 0. The Hall–Kier alpha value is -2.19. The molecule has 1 amide bonds. The normalized spacial score (nSPS) is 17.5. The number of ether oxygens (including phenoxy) is 1. The van der Waals surface area contributed by atoms with Crippen LogP contribution in [0.4, 0.5) is 14.9 Å². The van der Waals surface area contributed by atoms with Gasteiger partial charge in [0.2, 0.25) is 5.89 Å². The first-order chi connectivity index (χ1) is 12.1. The van der Waals surface area contributed by atoms with E-state index in [1.807, 2.05) is 32.7 Å². The number of anilines is 1. The number of piperazine rings is 1. The summed E-state index contributed by atoms with van der Waals surface area (Å²) in [4.78, 5) is 18.4. The number of carbonyl (C=O) groups excluding carboxylic acids is 1. The molecular formula is C18H25FN3O4+. The first-order valence-corrected chi connectivity index (χ1v) is 8.64. The van der Waals surface area contributed by atoms with Crippen molar-refractivity contribution in [1.29, 1.82) is 0 Å². The van der Waals surface area contributed by atoms with Crippen LogP contribution in [0.2, 0.25) is 0 Å². The second kappa shape index (κ2) is 6.51. The third-order valence-corrected chi connectivity index (χ3v) is 4.54. The fraction of sp³-hybridized carbons (Fsp3) is 0.556. The summed E-state index contributed by atoms with van der Waals surface area (Å²) in [5.41, 5.74) is 0.680. The van der Waals surface area contributed by atoms with E-state index >= 15 is 0 Å². The summed E-state index contributed by atoms with van der Waals surface area (Å²) in [5, 5.41) is 9.11. The highest BCUT2D eigenvalue weighted by Crippen LogP contribution is 2.28. The number of aromatic nitrogens is 1. The minimum Gasteiger partial charge on any atom is -0.438 e. The lowest BCUT2D eigenvalue weighted by Gasteiger charge is -2.40. The molecule has 2 heterocycles. The zero-order valence-corrected chi connectivity index (χ0v) is 15.6. The van der Waals surface area contributed by atoms with Crippen LogP contribution in [0.5, 0.6) is 0 Å². The van der Waals surface area contributed by atoms with Crippen LogP contribution >= 0.6 is 0 Å². The summed E-state index contributed by atoms with van der Waals surface area (Å²) < 4.78 is 25.6. The molecule has 8 heteroatoms. The van der Waals surface area contributed by atoms with Gasteiger partial charge in [-0.3, -0.25) is 0 Å². The van der Waals surface area contributed by atoms with Crippen molar-refractivity contribution in [3.05, 3.63) is 23.8 Å². The molecule has 1 aliphatic rings. The monoisotopic (exact) mass is 366 g/mol. The maximum atomic E-state index is 14.5. The molecule has 0 bridgehead atoms. The largest absolute Gasteiger partial charge is 0.516 e. The fourth-order valence-corrected chi connectivity index (χ4v) is 3.00. The highest BCUT2D eigenvalue weighted by Gasteiger charge is 2.40. The van der Waals surface area contributed by atoms with Crippen molar-refractivity contribution in [2.75, 3.05) is 38.1 Å². The Morgan fingerprint density at radius 3 is 2.62 bits per heavy atom. The molecule has 0 radical (unpaired) electrons. The molecule has 1 fully saturated rings. The van der Waals surface area contributed by atoms with Gasteiger partial charge in [-0.1, -0.05) is 0 Å². The van der Waals surface area contributed by atoms with Gasteiger partial charge in [0.05, 0.1) is 25.8 Å². The van der Waals surface area contributed by atoms with Crippen LogP contribution in [0.3, 0.4) is 0 Å². The molecule has 0 aliphatic carbocycles. The van der Waals surface area contributed by atoms with Gasteiger partial charge in [-0.15, -0.1) is 0 Å². The maximum Gasteiger partial charge on any atom is 0.516 e. The number of benzene rings is 1. The molecule has 142 valence electrons. The van der Waals surface area contributed by atoms with Gasteiger partial charge in [-0.05, 0) is 20.8 Å². The Labute approximate surface area is 151 Å². The highest BCUT2D eigenvalue weighted by atomic mass is 19.1. The van der Waals surface area contributed by atoms with Gasteiger partial charge in [0.15, 0.2) is 5.58 Å². The van der Waals surface area contributed by atoms with Gasteiger partial charge in [-0.2, -0.15) is 4.79 Å². The summed E-state index contributed by atoms with van der Waals surface area (Å²) in [6, 6.07) is 2.91. The summed E-state index contributed by atoms with van der Waals surface area (Å²) in [7, 11) is 1.84. The molecule has 1 N–H and O–H groups in total. The molecule has 1 aromatic carbocycles. The molecule has 0 atom stereocenters. The summed E-state index contributed by atoms with van der Waals surface area (Å²) in [6.45, 7) is 7.26. The van der Waals surface area contributed by atoms with Crippen molar-refractivity contribution >= 4 is 22.9 Å². The van der Waals surface area contributed by atoms with Crippen LogP contribution in [0, 0.1) is 5.82 Å². The van der Waals surface area contributed by atoms with E-state index in [0.717, 1.165) is 0 Å². The predicted octanol–water partition coefficient (Wildman–Crippen LogP) is 2.66. The van der Waals surface area contributed by atoms with Gasteiger partial charge < -0.3 is 19.2 Å². The Morgan fingerprint density at radius 1 is 1.38 bits per heavy atom. The number of nitrogens with zero attached hydrogens (tertiary/aromatic N) is 3. The Bertz CT molecular complexity index is 820. The van der Waals surface area contributed by atoms with Gasteiger partial charge in [0, 0.05) is 12.1 Å². The van der Waals surface area contributed by atoms with Crippen molar-refractivity contribution < 1.29 is 27.9 Å². The van der Waals surface area contributed by atoms with Crippen LogP contribution in [-0.2, 0) is 11.3 Å². The van der Waals surface area contributed by atoms with Crippen LogP contribution in [0.25, 0.3) is 11.1 Å². The number of halogens is 1. The highest BCUT2D eigenvalue weighted by molar-refractivity contribution is 5.78. The molecule has 3 rings (SSSR count). The molecule has 0 unspecified atom stereocenters. The number of hydrogen-bond donors (Lipinski definition) is 1. The standard InChI is InChI=1S/C18H25FN3O4/c1-18(2,3)26-17(24)22(4)7-5-21(6-8-22)14-10-15-13(9-12(14)19)20-16(11-23)25-15/h9-10,23H,5-8,11H2,1-4H3/q+1. The molecule has 0 spiro atoms. The van der Waals surface area contributed by atoms with Crippen molar-refractivity contribution in [2.45, 2.75) is 33.0 Å². The third kappa shape index (κ3) is 3.66. The average Bonchev–Trinajstić information content (AvgIpc) is 2.95. The number of carbonyl (C=O) groups is 1. The van der Waals surface area contributed by atoms with E-state index in [1.54, 1.807) is 6.07 Å². The topological polar surface area (TPSA) is 75.8 Å². The number of rotatable bonds is 2. The first-order valence-electron chi connectivity index (χ1n) is 8.64. The lowest BCUT2D eigenvalue weighted by atomic mass is 10.2. The lowest BCUT2D eigenvalue weighted by molar-refractivity contribution is -0.839. The van der Waals surface area contributed by atoms with E-state index in [4.69, 9.17) is 14.3 Å². The van der Waals surface area contributed by atoms with Gasteiger partial charge in [0.1, 0.15) is 36.6 Å². The Morgan fingerprint density at radius 2 is 2.04 bits per heavy atom. The number of quaternary nitrogens is 1. The number of oxazole rings is 1. The minimum absolute atomic E-state index is 0.157. The zero-order chi connectivity index (χ0) is 19.1. The second-order valence-electron chi connectivity index (χ2n) is 7.85. The van der Waals surface area contributed by atoms with E-state index in [9.17, 15) is 9.18 Å². The number of amides is 1. The summed E-state index contributed by atoms with van der Waals surface area (Å²) in [6.07, 6.45) is -0.268. The predicted molar refractivity (Wildman–Crippen MR) is 94.3 cm³/mol. The smallest absolute Gasteiger partial charge is 0.438 e. The minimum atomic E-state index is -0.538. The molecular weight excluding hydrogens is 341 g/mol. The first kappa shape index (κ1) is 18.6. The summed E-state index contributed by atoms with van der Waals surface area (Å²) in [5.74, 6) is -0.243. The van der Waals surface area contributed by atoms with Crippen molar-refractivity contribution in [3.63, 3.8) is 0 Å². The molecule has 1 saturated heterocycles. The second-order valence-corrected chi connectivity index (χ2v) is 7.85. The third-order valence-electron chi connectivity index (χ3n) is 4.54. The average molecular weight is 366 g/mol. The number of likely N-dealkylation sites (N-methyl/N-ethyl adjacent to an activating group) is 1. The van der Waals surface area contributed by atoms with Crippen molar-refractivity contribution in [1.82, 2.24) is 4.98 Å². The number of aliphatic hydroxyl groups excluding tert-OH is 1. The van der Waals surface area contributed by atoms with Gasteiger partial charge in [-0.25, -0.2) is 13.9 Å². The Balaban J connectivity index is 1.76. The van der Waals surface area contributed by atoms with Crippen LogP contribution in [0.15, 0.2) is 16.5 Å². The van der Waals surface area contributed by atoms with Crippen molar-refractivity contribution in [3.8, 4) is 0 Å². The number of aliphatic hydroxyl groups is 1. The van der Waals surface area contributed by atoms with Gasteiger partial charge in [0.25, 0.3) is 0 Å². The lowest BCUT2D eigenvalue weighted by Crippen LogP contribution is -2.61. The number of fused-ring (bicyclic) bond motifs is 1. The van der Waals surface area contributed by atoms with E-state index < -0.39 is 11.4 Å². The van der Waals surface area contributed by atoms with E-state index in [1.165, 1.54) is 6.07 Å². The number of hydrogen-bond acceptors (Lipinski definition) is 6. The molecule has 1 aliphatic heterocycles. The maximum absolute atomic E-state index is 14.5. The van der Waals surface area contributed by atoms with Crippen LogP contribution in [-0.4, -0.2) is 59.5 Å². The molecule has 7 nitrogen and oxygen atoms in total. The molecule has 0 saturated carbocycles. The van der Waals surface area contributed by atoms with E-state index in [-0.39, 0.29) is 23.1 Å². The molecule has 2 aromatic rings. The molecule has 26 heavy (non-hydrogen) atoms. The van der Waals surface area contributed by atoms with E-state index in [2.05, 4.69) is 4.98 Å². The van der Waals surface area contributed by atoms with E-state index in [0.29, 0.717) is 43.0 Å². The zero-order valence-electron chi connectivity index (χ0n) is 15.6. The quantitative estimate of drug-likeness (QED) is 0.824. The van der Waals surface area contributed by atoms with Crippen molar-refractivity contribution in [2.24, 2.45) is 0 Å². The fourth-order valence-electron chi connectivity index (χ4n) is 3.00. The SMILES string of the molecule is CC(C)(C)OC(=O)[N+]1(C)CCN(c2cc3oc(CO)nc3cc2F)CC1. The van der Waals surface area contributed by atoms with Gasteiger partial charge >= 0.3 is 6.09 Å². The molecule has 1 aromatic heterocycles. The van der Waals surface area contributed by atoms with Crippen LogP contribution < -0.4 is 4.90 Å². The Kier molecular flexibility index (Phi) is 4.66.